The fraction of sp³-hybridized carbons (Fsp3) is 0.400. The number of hydrogen-bond acceptors (Lipinski definition) is 2. The van der Waals surface area contributed by atoms with Gasteiger partial charge in [0.15, 0.2) is 0 Å². The van der Waals surface area contributed by atoms with Crippen molar-refractivity contribution in [1.82, 2.24) is 0 Å². The predicted octanol–water partition coefficient (Wildman–Crippen LogP) is 5.70. The highest BCUT2D eigenvalue weighted by Crippen LogP contribution is 2.42. The van der Waals surface area contributed by atoms with Crippen LogP contribution in [0.5, 0.6) is 0 Å². The van der Waals surface area contributed by atoms with Gasteiger partial charge < -0.3 is 11.1 Å². The van der Waals surface area contributed by atoms with Gasteiger partial charge in [0.2, 0.25) is 0 Å². The molecule has 1 fully saturated rings. The number of nitrogens with two attached hydrogens (primary N) is 1. The molecule has 1 aliphatic rings. The van der Waals surface area contributed by atoms with E-state index in [-0.39, 0.29) is 0 Å². The van der Waals surface area contributed by atoms with Crippen LogP contribution in [0.3, 0.4) is 0 Å². The van der Waals surface area contributed by atoms with Crippen LogP contribution in [0.4, 0.5) is 17.1 Å². The second-order valence-electron chi connectivity index (χ2n) is 7.31. The molecule has 0 spiro atoms. The topological polar surface area (TPSA) is 38.0 Å². The summed E-state index contributed by atoms with van der Waals surface area (Å²) in [6, 6.07) is 16.8. The van der Waals surface area contributed by atoms with E-state index in [4.69, 9.17) is 5.73 Å². The third-order valence-electron chi connectivity index (χ3n) is 4.92. The second-order valence-corrected chi connectivity index (χ2v) is 7.31. The molecular weight excluding hydrogens is 268 g/mol. The van der Waals surface area contributed by atoms with E-state index >= 15 is 0 Å². The Hall–Kier alpha value is -1.96. The first-order chi connectivity index (χ1) is 10.5. The maximum atomic E-state index is 5.71. The molecule has 0 aliphatic heterocycles. The van der Waals surface area contributed by atoms with Crippen LogP contribution in [-0.4, -0.2) is 0 Å². The third kappa shape index (κ3) is 3.62. The summed E-state index contributed by atoms with van der Waals surface area (Å²) in [5.74, 6) is 0.735. The molecule has 2 aromatic rings. The van der Waals surface area contributed by atoms with Gasteiger partial charge in [-0.25, -0.2) is 0 Å². The third-order valence-corrected chi connectivity index (χ3v) is 4.92. The number of anilines is 3. The van der Waals surface area contributed by atoms with E-state index in [1.54, 1.807) is 0 Å². The minimum absolute atomic E-state index is 0.535. The van der Waals surface area contributed by atoms with Crippen molar-refractivity contribution in [2.45, 2.75) is 45.4 Å². The van der Waals surface area contributed by atoms with E-state index in [0.717, 1.165) is 23.0 Å². The Labute approximate surface area is 133 Å². The van der Waals surface area contributed by atoms with Crippen molar-refractivity contribution in [2.24, 2.45) is 5.41 Å². The molecule has 22 heavy (non-hydrogen) atoms. The number of nitrogen functional groups attached to an aromatic ring is 1. The first kappa shape index (κ1) is 15.0. The molecule has 3 rings (SSSR count). The summed E-state index contributed by atoms with van der Waals surface area (Å²) in [7, 11) is 0. The van der Waals surface area contributed by atoms with Gasteiger partial charge in [-0.3, -0.25) is 0 Å². The van der Waals surface area contributed by atoms with E-state index in [9.17, 15) is 0 Å². The highest BCUT2D eigenvalue weighted by Gasteiger charge is 2.27. The molecule has 0 aromatic heterocycles. The zero-order chi connectivity index (χ0) is 15.6. The van der Waals surface area contributed by atoms with Gasteiger partial charge in [-0.1, -0.05) is 26.0 Å². The Morgan fingerprint density at radius 3 is 1.91 bits per heavy atom. The maximum Gasteiger partial charge on any atom is 0.0385 e. The molecule has 3 N–H and O–H groups in total. The van der Waals surface area contributed by atoms with E-state index < -0.39 is 0 Å². The van der Waals surface area contributed by atoms with E-state index in [1.165, 1.54) is 31.2 Å². The van der Waals surface area contributed by atoms with Gasteiger partial charge in [0.25, 0.3) is 0 Å². The first-order valence-corrected chi connectivity index (χ1v) is 8.24. The molecule has 0 saturated heterocycles. The van der Waals surface area contributed by atoms with Crippen molar-refractivity contribution < 1.29 is 0 Å². The van der Waals surface area contributed by atoms with Gasteiger partial charge in [0.05, 0.1) is 0 Å². The zero-order valence-corrected chi connectivity index (χ0v) is 13.6. The molecule has 0 amide bonds. The predicted molar refractivity (Wildman–Crippen MR) is 95.6 cm³/mol. The molecule has 2 heteroatoms. The molecule has 0 bridgehead atoms. The lowest BCUT2D eigenvalue weighted by Gasteiger charge is -2.34. The standard InChI is InChI=1S/C20H26N2/c1-20(2)13-11-16(12-14-20)15-3-7-18(8-4-15)22-19-9-5-17(21)6-10-19/h3-10,16,22H,11-14,21H2,1-2H3. The van der Waals surface area contributed by atoms with Crippen molar-refractivity contribution in [2.75, 3.05) is 11.1 Å². The normalized spacial score (nSPS) is 18.1. The molecule has 0 radical (unpaired) electrons. The average Bonchev–Trinajstić information content (AvgIpc) is 2.51. The van der Waals surface area contributed by atoms with E-state index in [1.807, 2.05) is 24.3 Å². The maximum absolute atomic E-state index is 5.71. The summed E-state index contributed by atoms with van der Waals surface area (Å²) >= 11 is 0. The summed E-state index contributed by atoms with van der Waals surface area (Å²) in [5, 5.41) is 3.42. The summed E-state index contributed by atoms with van der Waals surface area (Å²) in [4.78, 5) is 0. The number of hydrogen-bond donors (Lipinski definition) is 2. The fourth-order valence-corrected chi connectivity index (χ4v) is 3.30. The van der Waals surface area contributed by atoms with Crippen LogP contribution < -0.4 is 11.1 Å². The van der Waals surface area contributed by atoms with Crippen LogP contribution in [0.15, 0.2) is 48.5 Å². The Kier molecular flexibility index (Phi) is 4.10. The largest absolute Gasteiger partial charge is 0.399 e. The summed E-state index contributed by atoms with van der Waals surface area (Å²) in [6.07, 6.45) is 5.31. The SMILES string of the molecule is CC1(C)CCC(c2ccc(Nc3ccc(N)cc3)cc2)CC1. The van der Waals surface area contributed by atoms with Gasteiger partial charge in [-0.2, -0.15) is 0 Å². The average molecular weight is 294 g/mol. The number of nitrogens with one attached hydrogen (secondary N) is 1. The molecule has 0 atom stereocenters. The molecule has 0 unspecified atom stereocenters. The van der Waals surface area contributed by atoms with Crippen molar-refractivity contribution >= 4 is 17.1 Å². The molecule has 2 aromatic carbocycles. The Morgan fingerprint density at radius 1 is 0.864 bits per heavy atom. The minimum Gasteiger partial charge on any atom is -0.399 e. The van der Waals surface area contributed by atoms with Crippen molar-refractivity contribution in [1.29, 1.82) is 0 Å². The van der Waals surface area contributed by atoms with Gasteiger partial charge in [0, 0.05) is 17.1 Å². The molecule has 116 valence electrons. The molecular formula is C20H26N2. The second kappa shape index (κ2) is 6.04. The lowest BCUT2D eigenvalue weighted by molar-refractivity contribution is 0.224. The molecule has 1 aliphatic carbocycles. The highest BCUT2D eigenvalue weighted by atomic mass is 14.9. The first-order valence-electron chi connectivity index (χ1n) is 8.24. The van der Waals surface area contributed by atoms with Crippen molar-refractivity contribution in [3.8, 4) is 0 Å². The summed E-state index contributed by atoms with van der Waals surface area (Å²) in [5.41, 5.74) is 10.7. The minimum atomic E-state index is 0.535. The quantitative estimate of drug-likeness (QED) is 0.713. The van der Waals surface area contributed by atoms with Gasteiger partial charge in [-0.05, 0) is 79.0 Å². The van der Waals surface area contributed by atoms with Crippen molar-refractivity contribution in [3.05, 3.63) is 54.1 Å². The van der Waals surface area contributed by atoms with Crippen molar-refractivity contribution in [3.63, 3.8) is 0 Å². The zero-order valence-electron chi connectivity index (χ0n) is 13.6. The lowest BCUT2D eigenvalue weighted by Crippen LogP contribution is -2.20. The van der Waals surface area contributed by atoms with Crippen LogP contribution >= 0.6 is 0 Å². The smallest absolute Gasteiger partial charge is 0.0385 e. The Bertz CT molecular complexity index is 601. The van der Waals surface area contributed by atoms with Gasteiger partial charge >= 0.3 is 0 Å². The van der Waals surface area contributed by atoms with Gasteiger partial charge in [0.1, 0.15) is 0 Å². The number of rotatable bonds is 3. The van der Waals surface area contributed by atoms with Crippen LogP contribution in [0.1, 0.15) is 51.0 Å². The fourth-order valence-electron chi connectivity index (χ4n) is 3.30. The van der Waals surface area contributed by atoms with Gasteiger partial charge in [-0.15, -0.1) is 0 Å². The van der Waals surface area contributed by atoms with Crippen LogP contribution in [0.2, 0.25) is 0 Å². The van der Waals surface area contributed by atoms with Crippen LogP contribution in [-0.2, 0) is 0 Å². The summed E-state index contributed by atoms with van der Waals surface area (Å²) < 4.78 is 0. The van der Waals surface area contributed by atoms with Crippen LogP contribution in [0, 0.1) is 5.41 Å². The lowest BCUT2D eigenvalue weighted by atomic mass is 9.71. The molecule has 2 nitrogen and oxygen atoms in total. The Morgan fingerprint density at radius 2 is 1.36 bits per heavy atom. The van der Waals surface area contributed by atoms with E-state index in [0.29, 0.717) is 5.41 Å². The molecule has 1 saturated carbocycles. The van der Waals surface area contributed by atoms with E-state index in [2.05, 4.69) is 43.4 Å². The number of benzene rings is 2. The Balaban J connectivity index is 1.64. The molecule has 0 heterocycles. The summed E-state index contributed by atoms with van der Waals surface area (Å²) in [6.45, 7) is 4.78. The van der Waals surface area contributed by atoms with Crippen LogP contribution in [0.25, 0.3) is 0 Å². The monoisotopic (exact) mass is 294 g/mol. The highest BCUT2D eigenvalue weighted by molar-refractivity contribution is 5.62.